The van der Waals surface area contributed by atoms with Gasteiger partial charge in [0.15, 0.2) is 0 Å². The molecule has 148 valence electrons. The zero-order chi connectivity index (χ0) is 20.5. The molecule has 1 heterocycles. The largest absolute Gasteiger partial charge is 0.465 e. The van der Waals surface area contributed by atoms with Gasteiger partial charge in [0.25, 0.3) is 5.91 Å². The molecule has 1 aromatic rings. The Morgan fingerprint density at radius 3 is 2.50 bits per heavy atom. The average molecular weight is 386 g/mol. The van der Waals surface area contributed by atoms with Crippen molar-refractivity contribution in [2.75, 3.05) is 45.2 Å². The van der Waals surface area contributed by atoms with E-state index in [0.717, 1.165) is 0 Å². The maximum atomic E-state index is 12.5. The lowest BCUT2D eigenvalue weighted by molar-refractivity contribution is -0.112. The molecule has 1 aliphatic rings. The van der Waals surface area contributed by atoms with Crippen molar-refractivity contribution in [3.8, 4) is 6.07 Å². The highest BCUT2D eigenvalue weighted by atomic mass is 16.6. The number of carbonyl (C=O) groups excluding carboxylic acids is 3. The Morgan fingerprint density at radius 1 is 1.21 bits per heavy atom. The van der Waals surface area contributed by atoms with E-state index in [1.54, 1.807) is 34.9 Å². The summed E-state index contributed by atoms with van der Waals surface area (Å²) in [6.07, 6.45) is 1.09. The van der Waals surface area contributed by atoms with Crippen molar-refractivity contribution < 1.29 is 23.9 Å². The standard InChI is InChI=1S/C19H22N4O5/c1-3-28-19(26)23-10-8-22(9-11-23)13-14(12-20)17(24)21-16-7-5-4-6-15(16)18(25)27-2/h4-7,13H,3,8-11H2,1-2H3,(H,21,24)/b14-13-. The molecule has 1 fully saturated rings. The lowest BCUT2D eigenvalue weighted by Crippen LogP contribution is -2.47. The predicted molar refractivity (Wildman–Crippen MR) is 100 cm³/mol. The lowest BCUT2D eigenvalue weighted by atomic mass is 10.1. The summed E-state index contributed by atoms with van der Waals surface area (Å²) < 4.78 is 9.66. The van der Waals surface area contributed by atoms with Crippen molar-refractivity contribution in [1.29, 1.82) is 5.26 Å². The maximum Gasteiger partial charge on any atom is 0.409 e. The van der Waals surface area contributed by atoms with Crippen LogP contribution < -0.4 is 5.32 Å². The smallest absolute Gasteiger partial charge is 0.409 e. The number of anilines is 1. The van der Waals surface area contributed by atoms with Gasteiger partial charge in [-0.15, -0.1) is 0 Å². The number of nitrogens with zero attached hydrogens (tertiary/aromatic N) is 3. The summed E-state index contributed by atoms with van der Waals surface area (Å²) >= 11 is 0. The van der Waals surface area contributed by atoms with Gasteiger partial charge in [-0.3, -0.25) is 4.79 Å². The number of nitriles is 1. The summed E-state index contributed by atoms with van der Waals surface area (Å²) in [5.74, 6) is -1.22. The molecule has 1 aliphatic heterocycles. The molecular formula is C19H22N4O5. The van der Waals surface area contributed by atoms with Crippen LogP contribution in [0.4, 0.5) is 10.5 Å². The van der Waals surface area contributed by atoms with Crippen LogP contribution in [0.5, 0.6) is 0 Å². The van der Waals surface area contributed by atoms with Crippen LogP contribution in [0.25, 0.3) is 0 Å². The molecule has 0 spiro atoms. The molecule has 1 saturated heterocycles. The molecule has 0 unspecified atom stereocenters. The third-order valence-corrected chi connectivity index (χ3v) is 4.10. The molecule has 1 aromatic carbocycles. The van der Waals surface area contributed by atoms with E-state index in [2.05, 4.69) is 5.32 Å². The molecule has 2 rings (SSSR count). The van der Waals surface area contributed by atoms with Crippen molar-refractivity contribution in [3.63, 3.8) is 0 Å². The lowest BCUT2D eigenvalue weighted by Gasteiger charge is -2.33. The van der Waals surface area contributed by atoms with Crippen molar-refractivity contribution in [3.05, 3.63) is 41.6 Å². The number of carbonyl (C=O) groups is 3. The average Bonchev–Trinajstić information content (AvgIpc) is 2.72. The molecule has 0 atom stereocenters. The zero-order valence-corrected chi connectivity index (χ0v) is 15.8. The topological polar surface area (TPSA) is 112 Å². The van der Waals surface area contributed by atoms with Crippen molar-refractivity contribution in [1.82, 2.24) is 9.80 Å². The van der Waals surface area contributed by atoms with Crippen molar-refractivity contribution >= 4 is 23.7 Å². The van der Waals surface area contributed by atoms with Crippen LogP contribution in [0.15, 0.2) is 36.0 Å². The molecule has 9 nitrogen and oxygen atoms in total. The Bertz CT molecular complexity index is 807. The summed E-state index contributed by atoms with van der Waals surface area (Å²) in [5, 5.41) is 11.9. The second-order valence-electron chi connectivity index (χ2n) is 5.87. The van der Waals surface area contributed by atoms with E-state index in [1.807, 2.05) is 6.07 Å². The normalized spacial score (nSPS) is 14.1. The second-order valence-corrected chi connectivity index (χ2v) is 5.87. The van der Waals surface area contributed by atoms with E-state index >= 15 is 0 Å². The molecule has 1 N–H and O–H groups in total. The number of nitrogens with one attached hydrogen (secondary N) is 1. The van der Waals surface area contributed by atoms with Gasteiger partial charge in [0, 0.05) is 32.4 Å². The first-order valence-corrected chi connectivity index (χ1v) is 8.76. The Labute approximate surface area is 163 Å². The number of piperazine rings is 1. The van der Waals surface area contributed by atoms with Gasteiger partial charge in [0.1, 0.15) is 11.6 Å². The second kappa shape index (κ2) is 9.97. The number of ether oxygens (including phenoxy) is 2. The number of rotatable bonds is 5. The van der Waals surface area contributed by atoms with E-state index < -0.39 is 11.9 Å². The molecule has 28 heavy (non-hydrogen) atoms. The third-order valence-electron chi connectivity index (χ3n) is 4.10. The fourth-order valence-electron chi connectivity index (χ4n) is 2.64. The first-order chi connectivity index (χ1) is 13.5. The van der Waals surface area contributed by atoms with Gasteiger partial charge >= 0.3 is 12.1 Å². The first-order valence-electron chi connectivity index (χ1n) is 8.76. The third kappa shape index (κ3) is 5.23. The van der Waals surface area contributed by atoms with Gasteiger partial charge in [-0.2, -0.15) is 5.26 Å². The molecule has 0 radical (unpaired) electrons. The van der Waals surface area contributed by atoms with Crippen LogP contribution in [-0.4, -0.2) is 67.7 Å². The minimum Gasteiger partial charge on any atom is -0.465 e. The number of hydrogen-bond acceptors (Lipinski definition) is 7. The molecular weight excluding hydrogens is 364 g/mol. The van der Waals surface area contributed by atoms with Gasteiger partial charge in [-0.1, -0.05) is 12.1 Å². The molecule has 0 aliphatic carbocycles. The van der Waals surface area contributed by atoms with Crippen LogP contribution in [0, 0.1) is 11.3 Å². The van der Waals surface area contributed by atoms with Gasteiger partial charge in [-0.05, 0) is 19.1 Å². The van der Waals surface area contributed by atoms with E-state index in [-0.39, 0.29) is 22.9 Å². The Kier molecular flexibility index (Phi) is 7.39. The highest BCUT2D eigenvalue weighted by Gasteiger charge is 2.22. The van der Waals surface area contributed by atoms with Crippen LogP contribution >= 0.6 is 0 Å². The Hall–Kier alpha value is -3.54. The molecule has 0 bridgehead atoms. The number of para-hydroxylation sites is 1. The SMILES string of the molecule is CCOC(=O)N1CCN(/C=C(/C#N)C(=O)Nc2ccccc2C(=O)OC)CC1. The highest BCUT2D eigenvalue weighted by Crippen LogP contribution is 2.17. The van der Waals surface area contributed by atoms with Gasteiger partial charge in [0.2, 0.25) is 0 Å². The summed E-state index contributed by atoms with van der Waals surface area (Å²) in [5.41, 5.74) is 0.343. The number of esters is 1. The number of benzene rings is 1. The molecule has 0 saturated carbocycles. The van der Waals surface area contributed by atoms with Crippen LogP contribution in [0.1, 0.15) is 17.3 Å². The van der Waals surface area contributed by atoms with Gasteiger partial charge in [-0.25, -0.2) is 9.59 Å². The molecule has 9 heteroatoms. The highest BCUT2D eigenvalue weighted by molar-refractivity contribution is 6.09. The van der Waals surface area contributed by atoms with Gasteiger partial charge < -0.3 is 24.6 Å². The Balaban J connectivity index is 2.04. The van der Waals surface area contributed by atoms with Crippen molar-refractivity contribution in [2.24, 2.45) is 0 Å². The number of amides is 2. The first kappa shape index (κ1) is 20.8. The fourth-order valence-corrected chi connectivity index (χ4v) is 2.64. The van der Waals surface area contributed by atoms with Crippen LogP contribution in [0.3, 0.4) is 0 Å². The zero-order valence-electron chi connectivity index (χ0n) is 15.8. The summed E-state index contributed by atoms with van der Waals surface area (Å²) in [4.78, 5) is 39.4. The molecule has 2 amide bonds. The monoisotopic (exact) mass is 386 g/mol. The van der Waals surface area contributed by atoms with E-state index in [9.17, 15) is 19.6 Å². The maximum absolute atomic E-state index is 12.5. The van der Waals surface area contributed by atoms with Crippen LogP contribution in [0.2, 0.25) is 0 Å². The minimum atomic E-state index is -0.633. The Morgan fingerprint density at radius 2 is 1.89 bits per heavy atom. The van der Waals surface area contributed by atoms with Gasteiger partial charge in [0.05, 0.1) is 25.0 Å². The van der Waals surface area contributed by atoms with E-state index in [0.29, 0.717) is 32.8 Å². The summed E-state index contributed by atoms with van der Waals surface area (Å²) in [7, 11) is 1.25. The van der Waals surface area contributed by atoms with Crippen LogP contribution in [-0.2, 0) is 14.3 Å². The van der Waals surface area contributed by atoms with E-state index in [4.69, 9.17) is 9.47 Å². The summed E-state index contributed by atoms with van der Waals surface area (Å²) in [6, 6.07) is 8.25. The van der Waals surface area contributed by atoms with E-state index in [1.165, 1.54) is 19.4 Å². The quantitative estimate of drug-likeness (QED) is 0.465. The number of hydrogen-bond donors (Lipinski definition) is 1. The van der Waals surface area contributed by atoms with Crippen molar-refractivity contribution in [2.45, 2.75) is 6.92 Å². The fraction of sp³-hybridized carbons (Fsp3) is 0.368. The summed E-state index contributed by atoms with van der Waals surface area (Å²) in [6.45, 7) is 3.85. The minimum absolute atomic E-state index is 0.107. The predicted octanol–water partition coefficient (Wildman–Crippen LogP) is 1.59. The number of methoxy groups -OCH3 is 1. The molecule has 0 aromatic heterocycles.